The molecule has 29 heavy (non-hydrogen) atoms. The molecule has 0 unspecified atom stereocenters. The van der Waals surface area contributed by atoms with Gasteiger partial charge >= 0.3 is 0 Å². The number of nitrogens with one attached hydrogen (secondary N) is 3. The molecule has 4 aromatic rings. The topological polar surface area (TPSA) is 104 Å². The van der Waals surface area contributed by atoms with E-state index in [4.69, 9.17) is 0 Å². The quantitative estimate of drug-likeness (QED) is 0.466. The van der Waals surface area contributed by atoms with Crippen LogP contribution in [0.5, 0.6) is 0 Å². The molecule has 0 aliphatic heterocycles. The van der Waals surface area contributed by atoms with Crippen molar-refractivity contribution in [3.8, 4) is 0 Å². The predicted octanol–water partition coefficient (Wildman–Crippen LogP) is 3.76. The van der Waals surface area contributed by atoms with Gasteiger partial charge in [0.25, 0.3) is 15.9 Å². The Kier molecular flexibility index (Phi) is 4.73. The number of nitrogens with zero attached hydrogens (tertiary/aromatic N) is 1. The molecular weight excluding hydrogens is 395 g/mol. The molecule has 0 aliphatic rings. The maximum Gasteiger partial charge on any atom is 0.262 e. The zero-order valence-corrected chi connectivity index (χ0v) is 15.7. The second-order valence-electron chi connectivity index (χ2n) is 6.17. The first-order valence-electron chi connectivity index (χ1n) is 8.56. The number of carbonyl (C=O) groups excluding carboxylic acids is 1. The molecule has 0 saturated heterocycles. The first-order valence-corrected chi connectivity index (χ1v) is 10.0. The molecule has 1 amide bonds. The van der Waals surface area contributed by atoms with Gasteiger partial charge in [0.05, 0.1) is 21.6 Å². The molecule has 0 saturated carbocycles. The summed E-state index contributed by atoms with van der Waals surface area (Å²) in [7, 11) is -4.08. The Balaban J connectivity index is 1.57. The summed E-state index contributed by atoms with van der Waals surface area (Å²) in [5, 5.41) is 2.60. The van der Waals surface area contributed by atoms with E-state index in [-0.39, 0.29) is 22.1 Å². The van der Waals surface area contributed by atoms with Gasteiger partial charge in [-0.15, -0.1) is 0 Å². The molecule has 0 bridgehead atoms. The lowest BCUT2D eigenvalue weighted by atomic mass is 10.2. The summed E-state index contributed by atoms with van der Waals surface area (Å²) in [6, 6.07) is 18.1. The monoisotopic (exact) mass is 410 g/mol. The maximum atomic E-state index is 13.8. The normalized spacial score (nSPS) is 11.3. The highest BCUT2D eigenvalue weighted by atomic mass is 32.2. The molecule has 1 heterocycles. The average Bonchev–Trinajstić information content (AvgIpc) is 3.12. The van der Waals surface area contributed by atoms with Gasteiger partial charge in [-0.3, -0.25) is 14.8 Å². The molecule has 146 valence electrons. The maximum absolute atomic E-state index is 13.8. The van der Waals surface area contributed by atoms with Crippen LogP contribution in [-0.2, 0) is 10.0 Å². The highest BCUT2D eigenvalue weighted by Crippen LogP contribution is 2.20. The third-order valence-electron chi connectivity index (χ3n) is 4.15. The van der Waals surface area contributed by atoms with Gasteiger partial charge in [-0.1, -0.05) is 30.3 Å². The van der Waals surface area contributed by atoms with E-state index in [1.165, 1.54) is 42.5 Å². The van der Waals surface area contributed by atoms with Crippen molar-refractivity contribution in [2.45, 2.75) is 4.90 Å². The molecular formula is C20H15FN4O3S. The largest absolute Gasteiger partial charge is 0.324 e. The lowest BCUT2D eigenvalue weighted by Crippen LogP contribution is -2.16. The highest BCUT2D eigenvalue weighted by molar-refractivity contribution is 7.92. The van der Waals surface area contributed by atoms with Gasteiger partial charge in [-0.25, -0.2) is 17.8 Å². The minimum atomic E-state index is -4.08. The molecule has 4 rings (SSSR count). The van der Waals surface area contributed by atoms with Gasteiger partial charge in [0, 0.05) is 5.56 Å². The fourth-order valence-electron chi connectivity index (χ4n) is 2.74. The van der Waals surface area contributed by atoms with E-state index < -0.39 is 21.7 Å². The number of anilines is 2. The number of benzene rings is 3. The summed E-state index contributed by atoms with van der Waals surface area (Å²) in [6.45, 7) is 0. The summed E-state index contributed by atoms with van der Waals surface area (Å²) in [5.41, 5.74) is 1.38. The van der Waals surface area contributed by atoms with E-state index in [2.05, 4.69) is 20.0 Å². The number of halogens is 1. The Bertz CT molecular complexity index is 1290. The minimum Gasteiger partial charge on any atom is -0.324 e. The lowest BCUT2D eigenvalue weighted by molar-refractivity contribution is 0.102. The first-order chi connectivity index (χ1) is 13.9. The zero-order chi connectivity index (χ0) is 20.4. The number of H-pyrrole nitrogens is 1. The molecule has 9 heteroatoms. The summed E-state index contributed by atoms with van der Waals surface area (Å²) >= 11 is 0. The number of aromatic nitrogens is 2. The van der Waals surface area contributed by atoms with Crippen molar-refractivity contribution < 1.29 is 17.6 Å². The third-order valence-corrected chi connectivity index (χ3v) is 5.51. The summed E-state index contributed by atoms with van der Waals surface area (Å²) in [6.07, 6.45) is 0. The Morgan fingerprint density at radius 3 is 2.52 bits per heavy atom. The Morgan fingerprint density at radius 2 is 1.72 bits per heavy atom. The standard InChI is InChI=1S/C20H15FN4O3S/c21-15-8-1-2-9-16(15)25-29(27,28)14-7-5-6-13(12-14)19(26)24-20-22-17-10-3-4-11-18(17)23-20/h1-12,25H,(H2,22,23,24,26). The van der Waals surface area contributed by atoms with Gasteiger partial charge in [0.1, 0.15) is 5.82 Å². The highest BCUT2D eigenvalue weighted by Gasteiger charge is 2.18. The summed E-state index contributed by atoms with van der Waals surface area (Å²) in [5.74, 6) is -0.990. The van der Waals surface area contributed by atoms with Crippen LogP contribution in [0, 0.1) is 5.82 Å². The number of rotatable bonds is 5. The van der Waals surface area contributed by atoms with Crippen molar-refractivity contribution >= 4 is 38.6 Å². The van der Waals surface area contributed by atoms with Crippen LogP contribution in [0.4, 0.5) is 16.0 Å². The molecule has 3 aromatic carbocycles. The van der Waals surface area contributed by atoms with E-state index in [1.807, 2.05) is 18.2 Å². The smallest absolute Gasteiger partial charge is 0.262 e. The van der Waals surface area contributed by atoms with E-state index in [9.17, 15) is 17.6 Å². The van der Waals surface area contributed by atoms with Gasteiger partial charge in [0.2, 0.25) is 5.95 Å². The number of carbonyl (C=O) groups is 1. The van der Waals surface area contributed by atoms with Gasteiger partial charge in [-0.2, -0.15) is 0 Å². The SMILES string of the molecule is O=C(Nc1nc2ccccc2[nH]1)c1cccc(S(=O)(=O)Nc2ccccc2F)c1. The van der Waals surface area contributed by atoms with Crippen molar-refractivity contribution in [1.29, 1.82) is 0 Å². The van der Waals surface area contributed by atoms with E-state index in [0.29, 0.717) is 5.52 Å². The minimum absolute atomic E-state index is 0.113. The van der Waals surface area contributed by atoms with E-state index >= 15 is 0 Å². The molecule has 0 radical (unpaired) electrons. The Labute approximate surface area is 165 Å². The number of sulfonamides is 1. The number of amides is 1. The van der Waals surface area contributed by atoms with Crippen LogP contribution in [0.15, 0.2) is 77.7 Å². The lowest BCUT2D eigenvalue weighted by Gasteiger charge is -2.10. The van der Waals surface area contributed by atoms with Crippen molar-refractivity contribution in [2.75, 3.05) is 10.0 Å². The number of fused-ring (bicyclic) bond motifs is 1. The fourth-order valence-corrected chi connectivity index (χ4v) is 3.86. The predicted molar refractivity (Wildman–Crippen MR) is 108 cm³/mol. The molecule has 3 N–H and O–H groups in total. The van der Waals surface area contributed by atoms with E-state index in [0.717, 1.165) is 11.6 Å². The van der Waals surface area contributed by atoms with Crippen molar-refractivity contribution in [1.82, 2.24) is 9.97 Å². The number of aromatic amines is 1. The average molecular weight is 410 g/mol. The van der Waals surface area contributed by atoms with Crippen molar-refractivity contribution in [3.05, 3.63) is 84.2 Å². The second-order valence-corrected chi connectivity index (χ2v) is 7.85. The van der Waals surface area contributed by atoms with Crippen LogP contribution < -0.4 is 10.0 Å². The van der Waals surface area contributed by atoms with E-state index in [1.54, 1.807) is 6.07 Å². The van der Waals surface area contributed by atoms with Crippen LogP contribution in [0.1, 0.15) is 10.4 Å². The molecule has 0 fully saturated rings. The number of hydrogen-bond donors (Lipinski definition) is 3. The molecule has 0 spiro atoms. The molecule has 0 atom stereocenters. The molecule has 0 aliphatic carbocycles. The van der Waals surface area contributed by atoms with Crippen LogP contribution in [0.25, 0.3) is 11.0 Å². The van der Waals surface area contributed by atoms with Gasteiger partial charge < -0.3 is 4.98 Å². The zero-order valence-electron chi connectivity index (χ0n) is 14.9. The van der Waals surface area contributed by atoms with Crippen LogP contribution in [0.2, 0.25) is 0 Å². The Hall–Kier alpha value is -3.72. The summed E-state index contributed by atoms with van der Waals surface area (Å²) in [4.78, 5) is 19.6. The fraction of sp³-hybridized carbons (Fsp3) is 0. The third kappa shape index (κ3) is 3.94. The van der Waals surface area contributed by atoms with Gasteiger partial charge in [-0.05, 0) is 42.5 Å². The van der Waals surface area contributed by atoms with Crippen LogP contribution >= 0.6 is 0 Å². The van der Waals surface area contributed by atoms with Crippen LogP contribution in [0.3, 0.4) is 0 Å². The summed E-state index contributed by atoms with van der Waals surface area (Å²) < 4.78 is 41.1. The number of para-hydroxylation sites is 3. The first kappa shape index (κ1) is 18.6. The number of hydrogen-bond acceptors (Lipinski definition) is 4. The van der Waals surface area contributed by atoms with Crippen molar-refractivity contribution in [3.63, 3.8) is 0 Å². The second kappa shape index (κ2) is 7.36. The van der Waals surface area contributed by atoms with Gasteiger partial charge in [0.15, 0.2) is 0 Å². The molecule has 7 nitrogen and oxygen atoms in total. The molecule has 1 aromatic heterocycles. The van der Waals surface area contributed by atoms with Crippen molar-refractivity contribution in [2.24, 2.45) is 0 Å². The van der Waals surface area contributed by atoms with Crippen LogP contribution in [-0.4, -0.2) is 24.3 Å². The number of imidazole rings is 1. The Morgan fingerprint density at radius 1 is 0.966 bits per heavy atom.